The van der Waals surface area contributed by atoms with Gasteiger partial charge in [-0.25, -0.2) is 0 Å². The Morgan fingerprint density at radius 2 is 2.00 bits per heavy atom. The molecule has 1 aromatic heterocycles. The molecule has 0 aliphatic rings. The third kappa shape index (κ3) is 3.53. The SMILES string of the molecule is CCc1cc(COc2cc(OC)cc(C(=N)N)c2)n(C)n1. The molecule has 0 amide bonds. The summed E-state index contributed by atoms with van der Waals surface area (Å²) in [7, 11) is 3.46. The number of hydrogen-bond acceptors (Lipinski definition) is 4. The molecule has 0 spiro atoms. The number of amidine groups is 1. The van der Waals surface area contributed by atoms with Crippen molar-refractivity contribution in [3.63, 3.8) is 0 Å². The highest BCUT2D eigenvalue weighted by atomic mass is 16.5. The van der Waals surface area contributed by atoms with Gasteiger partial charge in [0.1, 0.15) is 23.9 Å². The molecule has 0 saturated carbocycles. The van der Waals surface area contributed by atoms with E-state index in [1.165, 1.54) is 0 Å². The van der Waals surface area contributed by atoms with Crippen molar-refractivity contribution >= 4 is 5.84 Å². The molecule has 3 N–H and O–H groups in total. The molecule has 1 heterocycles. The zero-order valence-corrected chi connectivity index (χ0v) is 12.5. The van der Waals surface area contributed by atoms with Crippen LogP contribution in [0.15, 0.2) is 24.3 Å². The number of aryl methyl sites for hydroxylation is 2. The van der Waals surface area contributed by atoms with Crippen LogP contribution in [0.1, 0.15) is 23.9 Å². The zero-order chi connectivity index (χ0) is 15.4. The minimum absolute atomic E-state index is 0.0208. The summed E-state index contributed by atoms with van der Waals surface area (Å²) >= 11 is 0. The fraction of sp³-hybridized carbons (Fsp3) is 0.333. The van der Waals surface area contributed by atoms with E-state index in [-0.39, 0.29) is 5.84 Å². The molecule has 0 aliphatic carbocycles. The molecule has 2 rings (SSSR count). The van der Waals surface area contributed by atoms with Crippen molar-refractivity contribution in [2.75, 3.05) is 7.11 Å². The fourth-order valence-electron chi connectivity index (χ4n) is 1.97. The standard InChI is InChI=1S/C15H20N4O2/c1-4-11-7-12(19(2)18-11)9-21-14-6-10(15(16)17)5-13(8-14)20-3/h5-8H,4,9H2,1-3H3,(H3,16,17). The van der Waals surface area contributed by atoms with Gasteiger partial charge in [-0.15, -0.1) is 0 Å². The van der Waals surface area contributed by atoms with Crippen LogP contribution in [0.3, 0.4) is 0 Å². The summed E-state index contributed by atoms with van der Waals surface area (Å²) in [6.45, 7) is 2.46. The second-order valence-electron chi connectivity index (χ2n) is 4.70. The quantitative estimate of drug-likeness (QED) is 0.627. The molecule has 0 fully saturated rings. The summed E-state index contributed by atoms with van der Waals surface area (Å²) in [5, 5.41) is 11.9. The first-order valence-electron chi connectivity index (χ1n) is 6.71. The molecule has 0 unspecified atom stereocenters. The number of ether oxygens (including phenoxy) is 2. The van der Waals surface area contributed by atoms with Gasteiger partial charge in [0, 0.05) is 18.7 Å². The summed E-state index contributed by atoms with van der Waals surface area (Å²) in [4.78, 5) is 0. The van der Waals surface area contributed by atoms with Crippen LogP contribution in [-0.4, -0.2) is 22.7 Å². The minimum atomic E-state index is -0.0208. The van der Waals surface area contributed by atoms with Crippen LogP contribution >= 0.6 is 0 Å². The van der Waals surface area contributed by atoms with Crippen molar-refractivity contribution in [1.82, 2.24) is 9.78 Å². The van der Waals surface area contributed by atoms with E-state index < -0.39 is 0 Å². The van der Waals surface area contributed by atoms with E-state index in [9.17, 15) is 0 Å². The summed E-state index contributed by atoms with van der Waals surface area (Å²) in [6.07, 6.45) is 0.890. The van der Waals surface area contributed by atoms with Crippen molar-refractivity contribution in [2.45, 2.75) is 20.0 Å². The largest absolute Gasteiger partial charge is 0.497 e. The monoisotopic (exact) mass is 288 g/mol. The van der Waals surface area contributed by atoms with Gasteiger partial charge < -0.3 is 15.2 Å². The number of nitrogens with one attached hydrogen (secondary N) is 1. The van der Waals surface area contributed by atoms with Gasteiger partial charge in [0.25, 0.3) is 0 Å². The Balaban J connectivity index is 2.17. The molecule has 0 atom stereocenters. The first-order chi connectivity index (χ1) is 10.0. The maximum Gasteiger partial charge on any atom is 0.130 e. The summed E-state index contributed by atoms with van der Waals surface area (Å²) in [6, 6.07) is 7.21. The number of rotatable bonds is 6. The van der Waals surface area contributed by atoms with Crippen molar-refractivity contribution in [2.24, 2.45) is 12.8 Å². The lowest BCUT2D eigenvalue weighted by Crippen LogP contribution is -2.11. The van der Waals surface area contributed by atoms with E-state index in [4.69, 9.17) is 20.6 Å². The van der Waals surface area contributed by atoms with Crippen LogP contribution in [0.25, 0.3) is 0 Å². The molecule has 0 radical (unpaired) electrons. The fourth-order valence-corrected chi connectivity index (χ4v) is 1.97. The van der Waals surface area contributed by atoms with E-state index in [2.05, 4.69) is 12.0 Å². The lowest BCUT2D eigenvalue weighted by molar-refractivity contribution is 0.292. The van der Waals surface area contributed by atoms with Crippen LogP contribution in [-0.2, 0) is 20.1 Å². The van der Waals surface area contributed by atoms with Gasteiger partial charge in [0.2, 0.25) is 0 Å². The van der Waals surface area contributed by atoms with Crippen molar-refractivity contribution < 1.29 is 9.47 Å². The molecule has 6 heteroatoms. The van der Waals surface area contributed by atoms with Crippen LogP contribution in [0.4, 0.5) is 0 Å². The molecule has 112 valence electrons. The van der Waals surface area contributed by atoms with E-state index in [1.807, 2.05) is 17.8 Å². The molecule has 6 nitrogen and oxygen atoms in total. The van der Waals surface area contributed by atoms with Gasteiger partial charge in [0.05, 0.1) is 18.5 Å². The molecule has 21 heavy (non-hydrogen) atoms. The number of methoxy groups -OCH3 is 1. The number of aromatic nitrogens is 2. The number of hydrogen-bond donors (Lipinski definition) is 2. The van der Waals surface area contributed by atoms with Crippen molar-refractivity contribution in [3.8, 4) is 11.5 Å². The highest BCUT2D eigenvalue weighted by Gasteiger charge is 2.08. The zero-order valence-electron chi connectivity index (χ0n) is 12.5. The average molecular weight is 288 g/mol. The molecular formula is C15H20N4O2. The van der Waals surface area contributed by atoms with Gasteiger partial charge in [-0.2, -0.15) is 5.10 Å². The molecule has 0 bridgehead atoms. The van der Waals surface area contributed by atoms with Crippen LogP contribution in [0.2, 0.25) is 0 Å². The number of nitrogen functional groups attached to an aromatic ring is 1. The minimum Gasteiger partial charge on any atom is -0.497 e. The Bertz CT molecular complexity index is 649. The lowest BCUT2D eigenvalue weighted by Gasteiger charge is -2.10. The maximum absolute atomic E-state index is 7.52. The Kier molecular flexibility index (Phi) is 4.47. The highest BCUT2D eigenvalue weighted by molar-refractivity contribution is 5.95. The van der Waals surface area contributed by atoms with Gasteiger partial charge in [-0.3, -0.25) is 10.1 Å². The van der Waals surface area contributed by atoms with Gasteiger partial charge in [0.15, 0.2) is 0 Å². The second-order valence-corrected chi connectivity index (χ2v) is 4.70. The van der Waals surface area contributed by atoms with Crippen molar-refractivity contribution in [1.29, 1.82) is 5.41 Å². The van der Waals surface area contributed by atoms with E-state index >= 15 is 0 Å². The molecule has 1 aromatic carbocycles. The molecule has 0 saturated heterocycles. The number of nitrogens with two attached hydrogens (primary N) is 1. The van der Waals surface area contributed by atoms with Crippen LogP contribution in [0, 0.1) is 5.41 Å². The molecule has 0 aliphatic heterocycles. The lowest BCUT2D eigenvalue weighted by atomic mass is 10.2. The van der Waals surface area contributed by atoms with Crippen LogP contribution < -0.4 is 15.2 Å². The summed E-state index contributed by atoms with van der Waals surface area (Å²) < 4.78 is 12.8. The Labute approximate surface area is 124 Å². The topological polar surface area (TPSA) is 86.1 Å². The smallest absolute Gasteiger partial charge is 0.130 e. The van der Waals surface area contributed by atoms with E-state index in [0.717, 1.165) is 17.8 Å². The summed E-state index contributed by atoms with van der Waals surface area (Å²) in [5.74, 6) is 1.20. The third-order valence-corrected chi connectivity index (χ3v) is 3.20. The van der Waals surface area contributed by atoms with Crippen LogP contribution in [0.5, 0.6) is 11.5 Å². The normalized spacial score (nSPS) is 10.4. The van der Waals surface area contributed by atoms with Crippen molar-refractivity contribution in [3.05, 3.63) is 41.2 Å². The predicted octanol–water partition coefficient (Wildman–Crippen LogP) is 1.85. The Morgan fingerprint density at radius 1 is 1.29 bits per heavy atom. The molecule has 2 aromatic rings. The Morgan fingerprint density at radius 3 is 2.57 bits per heavy atom. The highest BCUT2D eigenvalue weighted by Crippen LogP contribution is 2.23. The van der Waals surface area contributed by atoms with Gasteiger partial charge in [-0.1, -0.05) is 6.92 Å². The second kappa shape index (κ2) is 6.30. The molecular weight excluding hydrogens is 268 g/mol. The van der Waals surface area contributed by atoms with Gasteiger partial charge in [-0.05, 0) is 24.6 Å². The predicted molar refractivity (Wildman–Crippen MR) is 80.9 cm³/mol. The average Bonchev–Trinajstić information content (AvgIpc) is 2.85. The first kappa shape index (κ1) is 14.9. The first-order valence-corrected chi connectivity index (χ1v) is 6.71. The van der Waals surface area contributed by atoms with E-state index in [1.54, 1.807) is 25.3 Å². The summed E-state index contributed by atoms with van der Waals surface area (Å²) in [5.41, 5.74) is 8.11. The van der Waals surface area contributed by atoms with E-state index in [0.29, 0.717) is 23.7 Å². The third-order valence-electron chi connectivity index (χ3n) is 3.20. The maximum atomic E-state index is 7.52. The Hall–Kier alpha value is -2.50. The number of nitrogens with zero attached hydrogens (tertiary/aromatic N) is 2. The number of benzene rings is 1. The van der Waals surface area contributed by atoms with Gasteiger partial charge >= 0.3 is 0 Å².